The summed E-state index contributed by atoms with van der Waals surface area (Å²) in [5, 5.41) is 0. The molecule has 0 saturated carbocycles. The van der Waals surface area contributed by atoms with Crippen LogP contribution in [0.3, 0.4) is 0 Å². The summed E-state index contributed by atoms with van der Waals surface area (Å²) in [6.45, 7) is 4.96. The van der Waals surface area contributed by atoms with E-state index in [0.717, 1.165) is 25.5 Å². The van der Waals surface area contributed by atoms with E-state index in [1.54, 1.807) is 6.33 Å². The highest BCUT2D eigenvalue weighted by Crippen LogP contribution is 2.16. The smallest absolute Gasteiger partial charge is 0.0946 e. The first-order chi connectivity index (χ1) is 7.70. The van der Waals surface area contributed by atoms with Gasteiger partial charge >= 0.3 is 0 Å². The molecule has 0 radical (unpaired) electrons. The van der Waals surface area contributed by atoms with Gasteiger partial charge in [-0.3, -0.25) is 4.90 Å². The quantitative estimate of drug-likeness (QED) is 0.683. The molecule has 0 aliphatic heterocycles. The third-order valence-electron chi connectivity index (χ3n) is 2.74. The van der Waals surface area contributed by atoms with Crippen molar-refractivity contribution < 1.29 is 4.74 Å². The fourth-order valence-corrected chi connectivity index (χ4v) is 1.72. The first-order valence-corrected chi connectivity index (χ1v) is 5.65. The van der Waals surface area contributed by atoms with Gasteiger partial charge in [0.1, 0.15) is 0 Å². The summed E-state index contributed by atoms with van der Waals surface area (Å²) in [6, 6.07) is 0.202. The Morgan fingerprint density at radius 2 is 2.38 bits per heavy atom. The summed E-state index contributed by atoms with van der Waals surface area (Å²) in [5.74, 6) is 0. The number of aromatic nitrogens is 2. The second kappa shape index (κ2) is 6.62. The molecule has 0 aliphatic carbocycles. The van der Waals surface area contributed by atoms with E-state index in [4.69, 9.17) is 10.5 Å². The van der Waals surface area contributed by atoms with Gasteiger partial charge in [-0.05, 0) is 14.0 Å². The molecular weight excluding hydrogens is 204 g/mol. The largest absolute Gasteiger partial charge is 0.380 e. The van der Waals surface area contributed by atoms with Crippen molar-refractivity contribution in [2.75, 3.05) is 33.4 Å². The number of imidazole rings is 1. The van der Waals surface area contributed by atoms with E-state index in [1.807, 2.05) is 24.7 Å². The van der Waals surface area contributed by atoms with Gasteiger partial charge in [-0.2, -0.15) is 0 Å². The number of nitrogens with two attached hydrogens (primary N) is 1. The minimum atomic E-state index is 0.202. The summed E-state index contributed by atoms with van der Waals surface area (Å²) in [5.41, 5.74) is 6.95. The molecular formula is C11H22N4O. The highest BCUT2D eigenvalue weighted by atomic mass is 16.5. The van der Waals surface area contributed by atoms with Crippen LogP contribution in [-0.4, -0.2) is 47.8 Å². The Kier molecular flexibility index (Phi) is 5.45. The number of nitrogens with zero attached hydrogens (tertiary/aromatic N) is 3. The molecule has 1 aromatic rings. The topological polar surface area (TPSA) is 56.3 Å². The lowest BCUT2D eigenvalue weighted by Crippen LogP contribution is -2.34. The zero-order valence-electron chi connectivity index (χ0n) is 10.4. The van der Waals surface area contributed by atoms with Crippen LogP contribution in [0, 0.1) is 0 Å². The average Bonchev–Trinajstić information content (AvgIpc) is 2.67. The van der Waals surface area contributed by atoms with Crippen molar-refractivity contribution >= 4 is 0 Å². The molecule has 5 nitrogen and oxygen atoms in total. The standard InChI is InChI=1S/C11H22N4O/c1-4-16-6-5-14(2)10(7-12)11-8-13-9-15(11)3/h8-10H,4-7,12H2,1-3H3. The highest BCUT2D eigenvalue weighted by Gasteiger charge is 2.17. The van der Waals surface area contributed by atoms with Crippen molar-refractivity contribution in [3.63, 3.8) is 0 Å². The Bertz CT molecular complexity index is 300. The molecule has 0 saturated heterocycles. The SMILES string of the molecule is CCOCCN(C)C(CN)c1cncn1C. The van der Waals surface area contributed by atoms with Crippen LogP contribution in [0.2, 0.25) is 0 Å². The van der Waals surface area contributed by atoms with E-state index in [0.29, 0.717) is 6.54 Å². The van der Waals surface area contributed by atoms with Gasteiger partial charge in [0.25, 0.3) is 0 Å². The van der Waals surface area contributed by atoms with E-state index >= 15 is 0 Å². The molecule has 0 fully saturated rings. The van der Waals surface area contributed by atoms with Crippen LogP contribution in [0.4, 0.5) is 0 Å². The summed E-state index contributed by atoms with van der Waals surface area (Å²) in [4.78, 5) is 6.32. The van der Waals surface area contributed by atoms with Gasteiger partial charge in [0.15, 0.2) is 0 Å². The zero-order valence-corrected chi connectivity index (χ0v) is 10.4. The highest BCUT2D eigenvalue weighted by molar-refractivity contribution is 5.05. The van der Waals surface area contributed by atoms with Gasteiger partial charge < -0.3 is 15.0 Å². The van der Waals surface area contributed by atoms with Gasteiger partial charge in [0.05, 0.1) is 24.7 Å². The monoisotopic (exact) mass is 226 g/mol. The maximum Gasteiger partial charge on any atom is 0.0946 e. The molecule has 0 aliphatic rings. The number of aryl methyl sites for hydroxylation is 1. The first-order valence-electron chi connectivity index (χ1n) is 5.65. The van der Waals surface area contributed by atoms with Crippen molar-refractivity contribution in [1.29, 1.82) is 0 Å². The van der Waals surface area contributed by atoms with Crippen molar-refractivity contribution in [3.05, 3.63) is 18.2 Å². The van der Waals surface area contributed by atoms with E-state index < -0.39 is 0 Å². The van der Waals surface area contributed by atoms with E-state index in [-0.39, 0.29) is 6.04 Å². The Balaban J connectivity index is 2.57. The van der Waals surface area contributed by atoms with Crippen LogP contribution >= 0.6 is 0 Å². The molecule has 1 rings (SSSR count). The van der Waals surface area contributed by atoms with Gasteiger partial charge in [-0.1, -0.05) is 0 Å². The molecule has 5 heteroatoms. The van der Waals surface area contributed by atoms with Crippen molar-refractivity contribution in [1.82, 2.24) is 14.5 Å². The van der Waals surface area contributed by atoms with Crippen LogP contribution in [0.15, 0.2) is 12.5 Å². The molecule has 0 amide bonds. The van der Waals surface area contributed by atoms with Gasteiger partial charge in [0, 0.05) is 32.9 Å². The normalized spacial score (nSPS) is 13.3. The maximum atomic E-state index is 5.81. The first kappa shape index (κ1) is 13.2. The predicted molar refractivity (Wildman–Crippen MR) is 64.1 cm³/mol. The van der Waals surface area contributed by atoms with Gasteiger partial charge in [-0.15, -0.1) is 0 Å². The summed E-state index contributed by atoms with van der Waals surface area (Å²) < 4.78 is 7.35. The van der Waals surface area contributed by atoms with Crippen molar-refractivity contribution in [2.24, 2.45) is 12.8 Å². The van der Waals surface area contributed by atoms with Crippen LogP contribution in [-0.2, 0) is 11.8 Å². The molecule has 0 aromatic carbocycles. The predicted octanol–water partition coefficient (Wildman–Crippen LogP) is 0.388. The number of hydrogen-bond acceptors (Lipinski definition) is 4. The Labute approximate surface area is 97.2 Å². The average molecular weight is 226 g/mol. The van der Waals surface area contributed by atoms with Crippen LogP contribution in [0.25, 0.3) is 0 Å². The van der Waals surface area contributed by atoms with Crippen LogP contribution < -0.4 is 5.73 Å². The number of likely N-dealkylation sites (N-methyl/N-ethyl adjacent to an activating group) is 1. The van der Waals surface area contributed by atoms with E-state index in [9.17, 15) is 0 Å². The molecule has 1 unspecified atom stereocenters. The summed E-state index contributed by atoms with van der Waals surface area (Å²) in [7, 11) is 4.05. The molecule has 2 N–H and O–H groups in total. The molecule has 0 spiro atoms. The number of hydrogen-bond donors (Lipinski definition) is 1. The second-order valence-electron chi connectivity index (χ2n) is 3.86. The summed E-state index contributed by atoms with van der Waals surface area (Å²) >= 11 is 0. The lowest BCUT2D eigenvalue weighted by atomic mass is 10.2. The maximum absolute atomic E-state index is 5.81. The van der Waals surface area contributed by atoms with E-state index in [2.05, 4.69) is 16.9 Å². The Hall–Kier alpha value is -0.910. The van der Waals surface area contributed by atoms with E-state index in [1.165, 1.54) is 0 Å². The fourth-order valence-electron chi connectivity index (χ4n) is 1.72. The minimum Gasteiger partial charge on any atom is -0.380 e. The van der Waals surface area contributed by atoms with Crippen molar-refractivity contribution in [2.45, 2.75) is 13.0 Å². The molecule has 1 atom stereocenters. The lowest BCUT2D eigenvalue weighted by Gasteiger charge is -2.26. The summed E-state index contributed by atoms with van der Waals surface area (Å²) in [6.07, 6.45) is 3.67. The van der Waals surface area contributed by atoms with Crippen LogP contribution in [0.5, 0.6) is 0 Å². The third kappa shape index (κ3) is 3.30. The number of ether oxygens (including phenoxy) is 1. The zero-order chi connectivity index (χ0) is 12.0. The molecule has 0 bridgehead atoms. The second-order valence-corrected chi connectivity index (χ2v) is 3.86. The molecule has 1 aromatic heterocycles. The molecule has 1 heterocycles. The van der Waals surface area contributed by atoms with Crippen LogP contribution in [0.1, 0.15) is 18.7 Å². The lowest BCUT2D eigenvalue weighted by molar-refractivity contribution is 0.107. The van der Waals surface area contributed by atoms with Crippen molar-refractivity contribution in [3.8, 4) is 0 Å². The Morgan fingerprint density at radius 1 is 1.62 bits per heavy atom. The van der Waals surface area contributed by atoms with Gasteiger partial charge in [-0.25, -0.2) is 4.98 Å². The van der Waals surface area contributed by atoms with Gasteiger partial charge in [0.2, 0.25) is 0 Å². The molecule has 16 heavy (non-hydrogen) atoms. The fraction of sp³-hybridized carbons (Fsp3) is 0.727. The third-order valence-corrected chi connectivity index (χ3v) is 2.74. The molecule has 92 valence electrons. The number of rotatable bonds is 7. The Morgan fingerprint density at radius 3 is 2.88 bits per heavy atom. The minimum absolute atomic E-state index is 0.202.